The standard InChI is InChI=1S/C34H25B/c1-33(2)29-16-10-9-15-25(29)27-20-28-26-19-24(35)17-18-30(26)34(32(28)21-31(27)33,22-11-5-3-6-12-22)23-13-7-4-8-14-23/h3-21H,1-2H3. The van der Waals surface area contributed by atoms with E-state index in [9.17, 15) is 0 Å². The van der Waals surface area contributed by atoms with Crippen LogP contribution in [0.3, 0.4) is 0 Å². The van der Waals surface area contributed by atoms with Gasteiger partial charge in [0.2, 0.25) is 0 Å². The first kappa shape index (κ1) is 20.5. The monoisotopic (exact) mass is 444 g/mol. The van der Waals surface area contributed by atoms with Gasteiger partial charge in [-0.2, -0.15) is 0 Å². The van der Waals surface area contributed by atoms with Gasteiger partial charge in [0.25, 0.3) is 0 Å². The Kier molecular flexibility index (Phi) is 4.16. The Hall–Kier alpha value is -3.84. The topological polar surface area (TPSA) is 0 Å². The van der Waals surface area contributed by atoms with Crippen molar-refractivity contribution in [3.63, 3.8) is 0 Å². The van der Waals surface area contributed by atoms with Crippen molar-refractivity contribution in [3.05, 3.63) is 149 Å². The molecule has 1 heteroatoms. The van der Waals surface area contributed by atoms with Crippen molar-refractivity contribution in [3.8, 4) is 22.3 Å². The molecule has 0 aliphatic heterocycles. The van der Waals surface area contributed by atoms with Gasteiger partial charge in [0, 0.05) is 5.41 Å². The highest BCUT2D eigenvalue weighted by Crippen LogP contribution is 2.59. The van der Waals surface area contributed by atoms with Gasteiger partial charge in [-0.15, -0.1) is 0 Å². The largest absolute Gasteiger partial charge is 0.113 e. The molecule has 2 aliphatic rings. The van der Waals surface area contributed by atoms with E-state index in [1.165, 1.54) is 55.6 Å². The number of hydrogen-bond acceptors (Lipinski definition) is 0. The quantitative estimate of drug-likeness (QED) is 0.249. The molecule has 0 fully saturated rings. The third kappa shape index (κ3) is 2.59. The predicted octanol–water partition coefficient (Wildman–Crippen LogP) is 7.15. The van der Waals surface area contributed by atoms with E-state index >= 15 is 0 Å². The first-order valence-electron chi connectivity index (χ1n) is 12.3. The SMILES string of the molecule is [B]c1ccc2c(c1)-c1cc3c(cc1C2(c1ccccc1)c1ccccc1)C(C)(C)c1ccccc1-3. The maximum atomic E-state index is 6.39. The average molecular weight is 444 g/mol. The lowest BCUT2D eigenvalue weighted by Crippen LogP contribution is -2.29. The molecule has 0 atom stereocenters. The molecule has 0 saturated heterocycles. The molecule has 35 heavy (non-hydrogen) atoms. The van der Waals surface area contributed by atoms with Crippen LogP contribution in [0.1, 0.15) is 47.2 Å². The van der Waals surface area contributed by atoms with Crippen LogP contribution in [0.15, 0.2) is 115 Å². The van der Waals surface area contributed by atoms with Gasteiger partial charge >= 0.3 is 0 Å². The van der Waals surface area contributed by atoms with Crippen molar-refractivity contribution >= 4 is 13.3 Å². The molecule has 7 rings (SSSR count). The summed E-state index contributed by atoms with van der Waals surface area (Å²) in [7, 11) is 6.39. The lowest BCUT2D eigenvalue weighted by Gasteiger charge is -2.34. The van der Waals surface area contributed by atoms with E-state index in [1.807, 2.05) is 0 Å². The maximum Gasteiger partial charge on any atom is 0.113 e. The zero-order valence-electron chi connectivity index (χ0n) is 20.0. The van der Waals surface area contributed by atoms with Gasteiger partial charge in [0.1, 0.15) is 7.85 Å². The van der Waals surface area contributed by atoms with Gasteiger partial charge < -0.3 is 0 Å². The molecule has 0 amide bonds. The predicted molar refractivity (Wildman–Crippen MR) is 147 cm³/mol. The van der Waals surface area contributed by atoms with Gasteiger partial charge in [0.15, 0.2) is 0 Å². The molecule has 0 unspecified atom stereocenters. The molecule has 0 heterocycles. The Labute approximate surface area is 208 Å². The summed E-state index contributed by atoms with van der Waals surface area (Å²) in [6.07, 6.45) is 0. The molecule has 0 nitrogen and oxygen atoms in total. The number of benzene rings is 5. The van der Waals surface area contributed by atoms with Crippen molar-refractivity contribution in [2.45, 2.75) is 24.7 Å². The van der Waals surface area contributed by atoms with Gasteiger partial charge in [-0.3, -0.25) is 0 Å². The van der Waals surface area contributed by atoms with Crippen LogP contribution < -0.4 is 5.46 Å². The summed E-state index contributed by atoms with van der Waals surface area (Å²) in [5.74, 6) is 0. The highest BCUT2D eigenvalue weighted by atomic mass is 14.5. The van der Waals surface area contributed by atoms with Crippen molar-refractivity contribution in [1.82, 2.24) is 0 Å². The summed E-state index contributed by atoms with van der Waals surface area (Å²) in [5.41, 5.74) is 13.5. The zero-order chi connectivity index (χ0) is 23.8. The van der Waals surface area contributed by atoms with Crippen LogP contribution in [0.25, 0.3) is 22.3 Å². The molecule has 0 saturated carbocycles. The molecule has 5 aromatic carbocycles. The van der Waals surface area contributed by atoms with Crippen molar-refractivity contribution in [2.75, 3.05) is 0 Å². The van der Waals surface area contributed by atoms with E-state index < -0.39 is 5.41 Å². The number of rotatable bonds is 2. The van der Waals surface area contributed by atoms with Crippen LogP contribution >= 0.6 is 0 Å². The van der Waals surface area contributed by atoms with Crippen molar-refractivity contribution in [2.24, 2.45) is 0 Å². The zero-order valence-corrected chi connectivity index (χ0v) is 20.0. The van der Waals surface area contributed by atoms with E-state index in [0.717, 1.165) is 5.46 Å². The molecular formula is C34H25B. The van der Waals surface area contributed by atoms with E-state index in [0.29, 0.717) is 0 Å². The first-order valence-corrected chi connectivity index (χ1v) is 12.3. The Morgan fingerprint density at radius 2 is 1.03 bits per heavy atom. The average Bonchev–Trinajstić information content (AvgIpc) is 3.30. The second-order valence-corrected chi connectivity index (χ2v) is 10.4. The Bertz CT molecular complexity index is 1570. The second kappa shape index (κ2) is 7.09. The van der Waals surface area contributed by atoms with E-state index in [2.05, 4.69) is 129 Å². The van der Waals surface area contributed by atoms with E-state index in [-0.39, 0.29) is 5.41 Å². The van der Waals surface area contributed by atoms with Crippen LogP contribution in [-0.2, 0) is 10.8 Å². The number of fused-ring (bicyclic) bond motifs is 6. The molecular weight excluding hydrogens is 419 g/mol. The normalized spacial score (nSPS) is 15.7. The number of hydrogen-bond donors (Lipinski definition) is 0. The van der Waals surface area contributed by atoms with E-state index in [4.69, 9.17) is 7.85 Å². The highest BCUT2D eigenvalue weighted by molar-refractivity contribution is 6.32. The third-order valence-corrected chi connectivity index (χ3v) is 8.28. The van der Waals surface area contributed by atoms with Crippen LogP contribution in [0.5, 0.6) is 0 Å². The van der Waals surface area contributed by atoms with Crippen LogP contribution in [0, 0.1) is 0 Å². The van der Waals surface area contributed by atoms with Gasteiger partial charge in [-0.25, -0.2) is 0 Å². The summed E-state index contributed by atoms with van der Waals surface area (Å²) in [6, 6.07) is 42.2. The summed E-state index contributed by atoms with van der Waals surface area (Å²) < 4.78 is 0. The minimum absolute atomic E-state index is 0.0616. The smallest absolute Gasteiger partial charge is 0.0960 e. The maximum absolute atomic E-state index is 6.39. The van der Waals surface area contributed by atoms with Gasteiger partial charge in [-0.1, -0.05) is 129 Å². The molecule has 2 aliphatic carbocycles. The highest BCUT2D eigenvalue weighted by Gasteiger charge is 2.48. The van der Waals surface area contributed by atoms with E-state index in [1.54, 1.807) is 0 Å². The lowest BCUT2D eigenvalue weighted by atomic mass is 9.66. The summed E-state index contributed by atoms with van der Waals surface area (Å²) in [6.45, 7) is 4.72. The molecule has 0 bridgehead atoms. The van der Waals surface area contributed by atoms with Gasteiger partial charge in [0.05, 0.1) is 5.41 Å². The Morgan fingerprint density at radius 3 is 1.71 bits per heavy atom. The molecule has 5 aromatic rings. The minimum atomic E-state index is -0.402. The van der Waals surface area contributed by atoms with Crippen LogP contribution in [-0.4, -0.2) is 7.85 Å². The summed E-state index contributed by atoms with van der Waals surface area (Å²) in [5, 5.41) is 0. The summed E-state index contributed by atoms with van der Waals surface area (Å²) >= 11 is 0. The van der Waals surface area contributed by atoms with Crippen molar-refractivity contribution < 1.29 is 0 Å². The molecule has 164 valence electrons. The third-order valence-electron chi connectivity index (χ3n) is 8.28. The fourth-order valence-corrected chi connectivity index (χ4v) is 6.70. The first-order chi connectivity index (χ1) is 17.0. The Morgan fingerprint density at radius 1 is 0.457 bits per heavy atom. The molecule has 0 aromatic heterocycles. The molecule has 0 N–H and O–H groups in total. The second-order valence-electron chi connectivity index (χ2n) is 10.4. The van der Waals surface area contributed by atoms with Crippen LogP contribution in [0.4, 0.5) is 0 Å². The lowest BCUT2D eigenvalue weighted by molar-refractivity contribution is 0.656. The molecule has 2 radical (unpaired) electrons. The summed E-state index contributed by atoms with van der Waals surface area (Å²) in [4.78, 5) is 0. The minimum Gasteiger partial charge on any atom is -0.0960 e. The van der Waals surface area contributed by atoms with Gasteiger partial charge in [-0.05, 0) is 61.7 Å². The van der Waals surface area contributed by atoms with Crippen molar-refractivity contribution in [1.29, 1.82) is 0 Å². The Balaban J connectivity index is 1.66. The fourth-order valence-electron chi connectivity index (χ4n) is 6.70. The molecule has 0 spiro atoms. The van der Waals surface area contributed by atoms with Crippen LogP contribution in [0.2, 0.25) is 0 Å². The fraction of sp³-hybridized carbons (Fsp3) is 0.118.